The van der Waals surface area contributed by atoms with E-state index in [0.29, 0.717) is 12.4 Å². The minimum Gasteiger partial charge on any atom is -0.416 e. The molecule has 5 rings (SSSR count). The highest BCUT2D eigenvalue weighted by atomic mass is 16.4. The van der Waals surface area contributed by atoms with E-state index >= 15 is 0 Å². The largest absolute Gasteiger partial charge is 0.416 e. The Kier molecular flexibility index (Phi) is 4.39. The molecule has 2 atom stereocenters. The summed E-state index contributed by atoms with van der Waals surface area (Å²) in [5.74, 6) is 0.190. The van der Waals surface area contributed by atoms with E-state index in [9.17, 15) is 4.79 Å². The third kappa shape index (κ3) is 3.28. The Morgan fingerprint density at radius 1 is 1.16 bits per heavy atom. The van der Waals surface area contributed by atoms with Gasteiger partial charge in [-0.25, -0.2) is 4.98 Å². The maximum atomic E-state index is 13.5. The Hall–Kier alpha value is -3.55. The first-order valence-corrected chi connectivity index (χ1v) is 10.4. The lowest BCUT2D eigenvalue weighted by molar-refractivity contribution is 0.0625. The van der Waals surface area contributed by atoms with E-state index in [4.69, 9.17) is 9.40 Å². The molecule has 0 spiro atoms. The summed E-state index contributed by atoms with van der Waals surface area (Å²) >= 11 is 0. The number of H-pyrrole nitrogens is 1. The minimum absolute atomic E-state index is 0.0121. The van der Waals surface area contributed by atoms with Crippen molar-refractivity contribution in [1.29, 1.82) is 0 Å². The van der Waals surface area contributed by atoms with Gasteiger partial charge in [0, 0.05) is 35.2 Å². The van der Waals surface area contributed by atoms with Gasteiger partial charge >= 0.3 is 11.8 Å². The van der Waals surface area contributed by atoms with Gasteiger partial charge in [-0.3, -0.25) is 9.78 Å². The molecule has 1 amide bonds. The quantitative estimate of drug-likeness (QED) is 0.530. The number of rotatable bonds is 2. The average molecular weight is 416 g/mol. The van der Waals surface area contributed by atoms with Crippen molar-refractivity contribution in [3.8, 4) is 0 Å². The van der Waals surface area contributed by atoms with Gasteiger partial charge in [-0.1, -0.05) is 52.0 Å². The molecule has 3 aromatic heterocycles. The number of nitrogens with zero attached hydrogens (tertiary/aromatic N) is 5. The van der Waals surface area contributed by atoms with Crippen LogP contribution in [0.2, 0.25) is 0 Å². The number of nitrogens with one attached hydrogen (secondary N) is 1. The van der Waals surface area contributed by atoms with Gasteiger partial charge in [0.1, 0.15) is 6.04 Å². The van der Waals surface area contributed by atoms with Gasteiger partial charge in [-0.2, -0.15) is 0 Å². The molecule has 158 valence electrons. The molecule has 0 radical (unpaired) electrons. The van der Waals surface area contributed by atoms with Crippen molar-refractivity contribution in [1.82, 2.24) is 30.0 Å². The van der Waals surface area contributed by atoms with Crippen molar-refractivity contribution in [3.63, 3.8) is 0 Å². The summed E-state index contributed by atoms with van der Waals surface area (Å²) in [6, 6.07) is 9.60. The molecular formula is C23H24N6O2. The zero-order valence-corrected chi connectivity index (χ0v) is 18.0. The van der Waals surface area contributed by atoms with Gasteiger partial charge < -0.3 is 14.3 Å². The third-order valence-corrected chi connectivity index (χ3v) is 5.68. The number of hydrogen-bond donors (Lipinski definition) is 1. The first-order valence-electron chi connectivity index (χ1n) is 10.4. The predicted molar refractivity (Wildman–Crippen MR) is 115 cm³/mol. The number of aromatic amines is 1. The summed E-state index contributed by atoms with van der Waals surface area (Å²) in [5, 5.41) is 10.2. The summed E-state index contributed by atoms with van der Waals surface area (Å²) in [5.41, 5.74) is 2.23. The highest BCUT2D eigenvalue weighted by molar-refractivity contribution is 5.90. The maximum absolute atomic E-state index is 13.5. The molecule has 1 N–H and O–H groups in total. The fourth-order valence-corrected chi connectivity index (χ4v) is 4.05. The van der Waals surface area contributed by atoms with Gasteiger partial charge in [-0.15, -0.1) is 10.2 Å². The summed E-state index contributed by atoms with van der Waals surface area (Å²) in [7, 11) is 0. The van der Waals surface area contributed by atoms with Crippen LogP contribution in [0, 0.1) is 0 Å². The Labute approximate surface area is 179 Å². The normalized spacial score (nSPS) is 18.9. The fourth-order valence-electron chi connectivity index (χ4n) is 4.05. The predicted octanol–water partition coefficient (Wildman–Crippen LogP) is 3.99. The summed E-state index contributed by atoms with van der Waals surface area (Å²) in [6.07, 6.45) is 3.51. The fraction of sp³-hybridized carbons (Fsp3) is 0.348. The van der Waals surface area contributed by atoms with Crippen molar-refractivity contribution in [3.05, 3.63) is 71.7 Å². The maximum Gasteiger partial charge on any atom is 0.312 e. The number of aromatic nitrogens is 5. The monoisotopic (exact) mass is 416 g/mol. The standard InChI is InChI=1S/C23H24N6O2/c1-13-11-29(21(30)20-27-28-22(31-20)23(2,3)4)19(18-17(13)25-12-26-18)16-9-14-7-5-6-8-15(14)10-24-16/h5-10,12-13,19H,11H2,1-4H3,(H,25,26)/t13-,19+/m0/s1. The topological polar surface area (TPSA) is 101 Å². The van der Waals surface area contributed by atoms with Gasteiger partial charge in [-0.05, 0) is 11.5 Å². The van der Waals surface area contributed by atoms with E-state index in [-0.39, 0.29) is 23.1 Å². The van der Waals surface area contributed by atoms with Crippen molar-refractivity contribution < 1.29 is 9.21 Å². The van der Waals surface area contributed by atoms with Crippen LogP contribution in [0.15, 0.2) is 47.3 Å². The molecule has 1 aromatic carbocycles. The third-order valence-electron chi connectivity index (χ3n) is 5.68. The SMILES string of the molecule is C[C@H]1CN(C(=O)c2nnc(C(C)(C)C)o2)[C@H](c2cc3ccccc3cn2)c2nc[nH]c21. The van der Waals surface area contributed by atoms with Crippen LogP contribution < -0.4 is 0 Å². The van der Waals surface area contributed by atoms with Crippen molar-refractivity contribution in [2.45, 2.75) is 45.1 Å². The highest BCUT2D eigenvalue weighted by Crippen LogP contribution is 2.38. The molecule has 0 fully saturated rings. The number of carbonyl (C=O) groups is 1. The molecule has 0 saturated heterocycles. The molecule has 0 aliphatic carbocycles. The van der Waals surface area contributed by atoms with E-state index in [0.717, 1.165) is 27.9 Å². The molecule has 0 unspecified atom stereocenters. The van der Waals surface area contributed by atoms with Crippen LogP contribution in [-0.4, -0.2) is 42.5 Å². The molecular weight excluding hydrogens is 392 g/mol. The average Bonchev–Trinajstić information content (AvgIpc) is 3.43. The Balaban J connectivity index is 1.60. The number of carbonyl (C=O) groups excluding carboxylic acids is 1. The van der Waals surface area contributed by atoms with E-state index in [1.54, 1.807) is 11.2 Å². The second-order valence-corrected chi connectivity index (χ2v) is 9.08. The van der Waals surface area contributed by atoms with Gasteiger partial charge in [0.05, 0.1) is 17.7 Å². The number of benzene rings is 1. The number of imidazole rings is 1. The molecule has 8 nitrogen and oxygen atoms in total. The minimum atomic E-state index is -0.445. The van der Waals surface area contributed by atoms with Crippen LogP contribution in [0.4, 0.5) is 0 Å². The lowest BCUT2D eigenvalue weighted by Crippen LogP contribution is -2.42. The number of hydrogen-bond acceptors (Lipinski definition) is 6. The molecule has 8 heteroatoms. The summed E-state index contributed by atoms with van der Waals surface area (Å²) < 4.78 is 5.76. The zero-order valence-electron chi connectivity index (χ0n) is 18.0. The zero-order chi connectivity index (χ0) is 21.8. The lowest BCUT2D eigenvalue weighted by atomic mass is 9.92. The Morgan fingerprint density at radius 2 is 1.94 bits per heavy atom. The Bertz CT molecular complexity index is 1270. The number of fused-ring (bicyclic) bond motifs is 2. The van der Waals surface area contributed by atoms with Crippen molar-refractivity contribution >= 4 is 16.7 Å². The van der Waals surface area contributed by atoms with Crippen LogP contribution in [-0.2, 0) is 5.41 Å². The van der Waals surface area contributed by atoms with E-state index in [1.807, 2.05) is 57.3 Å². The van der Waals surface area contributed by atoms with Crippen LogP contribution in [0.5, 0.6) is 0 Å². The molecule has 1 aliphatic rings. The van der Waals surface area contributed by atoms with Gasteiger partial charge in [0.15, 0.2) is 0 Å². The van der Waals surface area contributed by atoms with Gasteiger partial charge in [0.2, 0.25) is 5.89 Å². The van der Waals surface area contributed by atoms with E-state index < -0.39 is 6.04 Å². The van der Waals surface area contributed by atoms with Crippen LogP contribution >= 0.6 is 0 Å². The smallest absolute Gasteiger partial charge is 0.312 e. The highest BCUT2D eigenvalue weighted by Gasteiger charge is 2.40. The van der Waals surface area contributed by atoms with Crippen LogP contribution in [0.3, 0.4) is 0 Å². The molecule has 0 saturated carbocycles. The molecule has 4 heterocycles. The molecule has 1 aliphatic heterocycles. The second kappa shape index (κ2) is 7.01. The first kappa shape index (κ1) is 19.4. The van der Waals surface area contributed by atoms with E-state index in [2.05, 4.69) is 27.1 Å². The number of amides is 1. The second-order valence-electron chi connectivity index (χ2n) is 9.08. The first-order chi connectivity index (χ1) is 14.8. The molecule has 0 bridgehead atoms. The van der Waals surface area contributed by atoms with Gasteiger partial charge in [0.25, 0.3) is 0 Å². The summed E-state index contributed by atoms with van der Waals surface area (Å²) in [4.78, 5) is 27.8. The van der Waals surface area contributed by atoms with E-state index in [1.165, 1.54) is 0 Å². The van der Waals surface area contributed by atoms with Crippen LogP contribution in [0.25, 0.3) is 10.8 Å². The summed E-state index contributed by atoms with van der Waals surface area (Å²) in [6.45, 7) is 8.46. The molecule has 31 heavy (non-hydrogen) atoms. The lowest BCUT2D eigenvalue weighted by Gasteiger charge is -2.36. The van der Waals surface area contributed by atoms with Crippen molar-refractivity contribution in [2.75, 3.05) is 6.54 Å². The molecule has 4 aromatic rings. The number of pyridine rings is 1. The van der Waals surface area contributed by atoms with Crippen LogP contribution in [0.1, 0.15) is 73.3 Å². The Morgan fingerprint density at radius 3 is 2.68 bits per heavy atom. The van der Waals surface area contributed by atoms with Crippen molar-refractivity contribution in [2.24, 2.45) is 0 Å².